The van der Waals surface area contributed by atoms with Crippen LogP contribution in [0.4, 0.5) is 5.69 Å². The lowest BCUT2D eigenvalue weighted by molar-refractivity contribution is -0.384. The molecule has 1 unspecified atom stereocenters. The molecule has 0 amide bonds. The summed E-state index contributed by atoms with van der Waals surface area (Å²) in [6, 6.07) is 6.54. The number of aliphatic carboxylic acids is 1. The molecule has 6 nitrogen and oxygen atoms in total. The van der Waals surface area contributed by atoms with Gasteiger partial charge in [-0.05, 0) is 31.4 Å². The highest BCUT2D eigenvalue weighted by Gasteiger charge is 2.40. The molecule has 0 aromatic heterocycles. The van der Waals surface area contributed by atoms with Gasteiger partial charge in [-0.3, -0.25) is 19.8 Å². The van der Waals surface area contributed by atoms with E-state index in [1.54, 1.807) is 12.1 Å². The molecule has 0 saturated carbocycles. The maximum absolute atomic E-state index is 11.5. The number of carbonyl (C=O) groups is 1. The SMILES string of the molecule is CCC1(C(=O)O)CCCN(Cc2cccc([N+](=O)[O-])c2)C1. The summed E-state index contributed by atoms with van der Waals surface area (Å²) >= 11 is 0. The van der Waals surface area contributed by atoms with E-state index in [9.17, 15) is 20.0 Å². The van der Waals surface area contributed by atoms with Gasteiger partial charge in [0.25, 0.3) is 5.69 Å². The number of hydrogen-bond donors (Lipinski definition) is 1. The van der Waals surface area contributed by atoms with Crippen LogP contribution in [-0.2, 0) is 11.3 Å². The topological polar surface area (TPSA) is 83.7 Å². The second-order valence-corrected chi connectivity index (χ2v) is 5.68. The number of hydrogen-bond acceptors (Lipinski definition) is 4. The molecule has 1 aliphatic rings. The van der Waals surface area contributed by atoms with Crippen LogP contribution in [-0.4, -0.2) is 34.0 Å². The average molecular weight is 292 g/mol. The Labute approximate surface area is 123 Å². The summed E-state index contributed by atoms with van der Waals surface area (Å²) in [6.45, 7) is 3.79. The van der Waals surface area contributed by atoms with Gasteiger partial charge in [0.1, 0.15) is 0 Å². The molecular formula is C15H20N2O4. The Morgan fingerprint density at radius 1 is 1.52 bits per heavy atom. The first-order valence-electron chi connectivity index (χ1n) is 7.16. The maximum Gasteiger partial charge on any atom is 0.310 e. The van der Waals surface area contributed by atoms with E-state index >= 15 is 0 Å². The second-order valence-electron chi connectivity index (χ2n) is 5.68. The summed E-state index contributed by atoms with van der Waals surface area (Å²) in [5, 5.41) is 20.3. The molecule has 114 valence electrons. The number of piperidine rings is 1. The van der Waals surface area contributed by atoms with Crippen LogP contribution in [0.2, 0.25) is 0 Å². The number of non-ortho nitro benzene ring substituents is 1. The standard InChI is InChI=1S/C15H20N2O4/c1-2-15(14(18)19)7-4-8-16(11-15)10-12-5-3-6-13(9-12)17(20)21/h3,5-6,9H,2,4,7-8,10-11H2,1H3,(H,18,19). The van der Waals surface area contributed by atoms with E-state index in [1.165, 1.54) is 6.07 Å². The molecule has 1 aromatic rings. The van der Waals surface area contributed by atoms with E-state index in [0.717, 1.165) is 18.5 Å². The van der Waals surface area contributed by atoms with Crippen LogP contribution in [0.5, 0.6) is 0 Å². The van der Waals surface area contributed by atoms with Crippen molar-refractivity contribution in [3.8, 4) is 0 Å². The fraction of sp³-hybridized carbons (Fsp3) is 0.533. The van der Waals surface area contributed by atoms with Crippen molar-refractivity contribution in [2.75, 3.05) is 13.1 Å². The minimum absolute atomic E-state index is 0.0736. The van der Waals surface area contributed by atoms with Gasteiger partial charge in [-0.2, -0.15) is 0 Å². The molecule has 1 aliphatic heterocycles. The monoisotopic (exact) mass is 292 g/mol. The Balaban J connectivity index is 2.11. The normalized spacial score (nSPS) is 22.9. The van der Waals surface area contributed by atoms with Crippen molar-refractivity contribution >= 4 is 11.7 Å². The minimum atomic E-state index is -0.742. The van der Waals surface area contributed by atoms with Crippen molar-refractivity contribution < 1.29 is 14.8 Å². The third kappa shape index (κ3) is 3.39. The Morgan fingerprint density at radius 3 is 2.90 bits per heavy atom. The predicted octanol–water partition coefficient (Wildman–Crippen LogP) is 2.67. The van der Waals surface area contributed by atoms with Gasteiger partial charge in [-0.15, -0.1) is 0 Å². The minimum Gasteiger partial charge on any atom is -0.481 e. The average Bonchev–Trinajstić information content (AvgIpc) is 2.47. The van der Waals surface area contributed by atoms with Gasteiger partial charge >= 0.3 is 5.97 Å². The highest BCUT2D eigenvalue weighted by atomic mass is 16.6. The number of rotatable bonds is 5. The highest BCUT2D eigenvalue weighted by molar-refractivity contribution is 5.75. The van der Waals surface area contributed by atoms with Crippen molar-refractivity contribution in [2.45, 2.75) is 32.7 Å². The molecule has 0 radical (unpaired) electrons. The van der Waals surface area contributed by atoms with E-state index in [2.05, 4.69) is 4.90 Å². The molecule has 1 saturated heterocycles. The Kier molecular flexibility index (Phi) is 4.57. The molecule has 0 aliphatic carbocycles. The zero-order valence-corrected chi connectivity index (χ0v) is 12.1. The molecule has 1 heterocycles. The van der Waals surface area contributed by atoms with Crippen LogP contribution < -0.4 is 0 Å². The van der Waals surface area contributed by atoms with Crippen LogP contribution in [0.3, 0.4) is 0 Å². The van der Waals surface area contributed by atoms with E-state index in [4.69, 9.17) is 0 Å². The van der Waals surface area contributed by atoms with Crippen molar-refractivity contribution in [3.05, 3.63) is 39.9 Å². The van der Waals surface area contributed by atoms with Gasteiger partial charge in [0, 0.05) is 25.2 Å². The number of nitro benzene ring substituents is 1. The van der Waals surface area contributed by atoms with Gasteiger partial charge in [0.2, 0.25) is 0 Å². The largest absolute Gasteiger partial charge is 0.481 e. The van der Waals surface area contributed by atoms with Crippen molar-refractivity contribution in [1.82, 2.24) is 4.90 Å². The third-order valence-electron chi connectivity index (χ3n) is 4.31. The third-order valence-corrected chi connectivity index (χ3v) is 4.31. The summed E-state index contributed by atoms with van der Waals surface area (Å²) in [7, 11) is 0. The number of nitrogens with zero attached hydrogens (tertiary/aromatic N) is 2. The Morgan fingerprint density at radius 2 is 2.29 bits per heavy atom. The van der Waals surface area contributed by atoms with Crippen molar-refractivity contribution in [2.24, 2.45) is 5.41 Å². The molecular weight excluding hydrogens is 272 g/mol. The Hall–Kier alpha value is -1.95. The van der Waals surface area contributed by atoms with E-state index < -0.39 is 16.3 Å². The van der Waals surface area contributed by atoms with E-state index in [-0.39, 0.29) is 5.69 Å². The lowest BCUT2D eigenvalue weighted by Crippen LogP contribution is -2.47. The van der Waals surface area contributed by atoms with Crippen LogP contribution in [0.15, 0.2) is 24.3 Å². The van der Waals surface area contributed by atoms with E-state index in [1.807, 2.05) is 13.0 Å². The number of nitro groups is 1. The van der Waals surface area contributed by atoms with Gasteiger partial charge in [-0.1, -0.05) is 19.1 Å². The number of likely N-dealkylation sites (tertiary alicyclic amines) is 1. The first kappa shape index (κ1) is 15.4. The fourth-order valence-electron chi connectivity index (χ4n) is 3.00. The molecule has 2 rings (SSSR count). The molecule has 0 spiro atoms. The lowest BCUT2D eigenvalue weighted by atomic mass is 9.77. The maximum atomic E-state index is 11.5. The number of benzene rings is 1. The van der Waals surface area contributed by atoms with Gasteiger partial charge in [0.15, 0.2) is 0 Å². The van der Waals surface area contributed by atoms with Crippen LogP contribution in [0, 0.1) is 15.5 Å². The lowest BCUT2D eigenvalue weighted by Gasteiger charge is -2.39. The molecule has 1 atom stereocenters. The fourth-order valence-corrected chi connectivity index (χ4v) is 3.00. The van der Waals surface area contributed by atoms with Crippen molar-refractivity contribution in [1.29, 1.82) is 0 Å². The molecule has 1 aromatic carbocycles. The number of carboxylic acids is 1. The predicted molar refractivity (Wildman–Crippen MR) is 78.0 cm³/mol. The summed E-state index contributed by atoms with van der Waals surface area (Å²) in [5.41, 5.74) is 0.241. The zero-order chi connectivity index (χ0) is 15.5. The van der Waals surface area contributed by atoms with E-state index in [0.29, 0.717) is 25.9 Å². The molecule has 21 heavy (non-hydrogen) atoms. The summed E-state index contributed by atoms with van der Waals surface area (Å²) in [4.78, 5) is 24.0. The summed E-state index contributed by atoms with van der Waals surface area (Å²) in [5.74, 6) is -0.742. The van der Waals surface area contributed by atoms with Gasteiger partial charge < -0.3 is 5.11 Å². The van der Waals surface area contributed by atoms with Gasteiger partial charge in [0.05, 0.1) is 10.3 Å². The van der Waals surface area contributed by atoms with Crippen LogP contribution >= 0.6 is 0 Å². The molecule has 0 bridgehead atoms. The molecule has 1 N–H and O–H groups in total. The van der Waals surface area contributed by atoms with Gasteiger partial charge in [-0.25, -0.2) is 0 Å². The number of carboxylic acid groups (broad SMARTS) is 1. The zero-order valence-electron chi connectivity index (χ0n) is 12.1. The first-order chi connectivity index (χ1) is 9.97. The van der Waals surface area contributed by atoms with Crippen LogP contribution in [0.25, 0.3) is 0 Å². The van der Waals surface area contributed by atoms with Crippen LogP contribution in [0.1, 0.15) is 31.7 Å². The quantitative estimate of drug-likeness (QED) is 0.666. The van der Waals surface area contributed by atoms with Crippen molar-refractivity contribution in [3.63, 3.8) is 0 Å². The first-order valence-corrected chi connectivity index (χ1v) is 7.16. The highest BCUT2D eigenvalue weighted by Crippen LogP contribution is 2.34. The Bertz CT molecular complexity index is 546. The molecule has 1 fully saturated rings. The summed E-state index contributed by atoms with van der Waals surface area (Å²) in [6.07, 6.45) is 2.15. The smallest absolute Gasteiger partial charge is 0.310 e. The summed E-state index contributed by atoms with van der Waals surface area (Å²) < 4.78 is 0. The second kappa shape index (κ2) is 6.22. The molecule has 6 heteroatoms.